The molecule has 2 saturated carbocycles. The number of hydrogen-bond donors (Lipinski definition) is 1. The summed E-state index contributed by atoms with van der Waals surface area (Å²) in [6.07, 6.45) is 9.68. The third-order valence-corrected chi connectivity index (χ3v) is 6.42. The van der Waals surface area contributed by atoms with E-state index in [1.165, 1.54) is 51.5 Å². The highest BCUT2D eigenvalue weighted by atomic mass is 15.1. The highest BCUT2D eigenvalue weighted by Crippen LogP contribution is 2.44. The van der Waals surface area contributed by atoms with Crippen molar-refractivity contribution >= 4 is 0 Å². The van der Waals surface area contributed by atoms with E-state index in [-0.39, 0.29) is 0 Å². The molecule has 2 N–H and O–H groups in total. The van der Waals surface area contributed by atoms with Crippen LogP contribution in [0.25, 0.3) is 0 Å². The lowest BCUT2D eigenvalue weighted by Crippen LogP contribution is -2.50. The van der Waals surface area contributed by atoms with Crippen LogP contribution in [-0.2, 0) is 0 Å². The number of hydrogen-bond acceptors (Lipinski definition) is 2. The van der Waals surface area contributed by atoms with Crippen molar-refractivity contribution in [2.24, 2.45) is 23.0 Å². The Kier molecular flexibility index (Phi) is 4.94. The van der Waals surface area contributed by atoms with Crippen LogP contribution in [0.2, 0.25) is 0 Å². The van der Waals surface area contributed by atoms with Crippen LogP contribution in [0.3, 0.4) is 0 Å². The fraction of sp³-hybridized carbons (Fsp3) is 1.00. The summed E-state index contributed by atoms with van der Waals surface area (Å²) in [5, 5.41) is 0. The molecule has 2 nitrogen and oxygen atoms in total. The van der Waals surface area contributed by atoms with Crippen LogP contribution >= 0.6 is 0 Å². The minimum absolute atomic E-state index is 0.389. The van der Waals surface area contributed by atoms with Crippen molar-refractivity contribution in [3.8, 4) is 0 Å². The Balaban J connectivity index is 1.93. The topological polar surface area (TPSA) is 29.3 Å². The first-order valence-electron chi connectivity index (χ1n) is 8.38. The monoisotopic (exact) mass is 266 g/mol. The average Bonchev–Trinajstić information content (AvgIpc) is 2.41. The predicted octanol–water partition coefficient (Wildman–Crippen LogP) is 3.65. The van der Waals surface area contributed by atoms with Gasteiger partial charge in [-0.05, 0) is 50.0 Å². The normalized spacial score (nSPS) is 36.6. The molecule has 0 aromatic heterocycles. The highest BCUT2D eigenvalue weighted by molar-refractivity contribution is 4.94. The van der Waals surface area contributed by atoms with Gasteiger partial charge in [0.2, 0.25) is 0 Å². The van der Waals surface area contributed by atoms with Crippen molar-refractivity contribution in [3.05, 3.63) is 0 Å². The van der Waals surface area contributed by atoms with Gasteiger partial charge in [-0.25, -0.2) is 0 Å². The standard InChI is InChI=1S/C17H34N2/c1-13-16(18)11-10-14(17(13,2)3)12-19(4)15-8-6-5-7-9-15/h13-16H,5-12,18H2,1-4H3. The van der Waals surface area contributed by atoms with Gasteiger partial charge < -0.3 is 10.6 Å². The van der Waals surface area contributed by atoms with Crippen molar-refractivity contribution in [2.75, 3.05) is 13.6 Å². The van der Waals surface area contributed by atoms with Gasteiger partial charge in [-0.15, -0.1) is 0 Å². The smallest absolute Gasteiger partial charge is 0.00923 e. The van der Waals surface area contributed by atoms with Crippen LogP contribution in [0.4, 0.5) is 0 Å². The number of rotatable bonds is 3. The third kappa shape index (κ3) is 3.33. The molecule has 2 aliphatic rings. The van der Waals surface area contributed by atoms with Crippen LogP contribution in [0, 0.1) is 17.3 Å². The summed E-state index contributed by atoms with van der Waals surface area (Å²) in [4.78, 5) is 2.66. The molecule has 0 aliphatic heterocycles. The quantitative estimate of drug-likeness (QED) is 0.845. The van der Waals surface area contributed by atoms with Crippen molar-refractivity contribution in [1.82, 2.24) is 4.90 Å². The number of nitrogens with two attached hydrogens (primary N) is 1. The Morgan fingerprint density at radius 3 is 2.32 bits per heavy atom. The third-order valence-electron chi connectivity index (χ3n) is 6.42. The number of nitrogens with zero attached hydrogens (tertiary/aromatic N) is 1. The molecule has 0 amide bonds. The first-order chi connectivity index (χ1) is 8.93. The van der Waals surface area contributed by atoms with Crippen molar-refractivity contribution < 1.29 is 0 Å². The Morgan fingerprint density at radius 1 is 1.05 bits per heavy atom. The lowest BCUT2D eigenvalue weighted by molar-refractivity contribution is 0.0215. The largest absolute Gasteiger partial charge is 0.327 e. The Labute approximate surface area is 120 Å². The molecule has 0 heterocycles. The second kappa shape index (κ2) is 6.13. The summed E-state index contributed by atoms with van der Waals surface area (Å²) in [7, 11) is 2.35. The van der Waals surface area contributed by atoms with Gasteiger partial charge in [0, 0.05) is 18.6 Å². The van der Waals surface area contributed by atoms with Crippen LogP contribution in [-0.4, -0.2) is 30.6 Å². The SMILES string of the molecule is CC1C(N)CCC(CN(C)C2CCCCC2)C1(C)C. The van der Waals surface area contributed by atoms with Gasteiger partial charge >= 0.3 is 0 Å². The van der Waals surface area contributed by atoms with Gasteiger partial charge in [-0.1, -0.05) is 40.0 Å². The molecule has 0 radical (unpaired) electrons. The zero-order valence-corrected chi connectivity index (χ0v) is 13.5. The lowest BCUT2D eigenvalue weighted by Gasteiger charge is -2.49. The van der Waals surface area contributed by atoms with E-state index >= 15 is 0 Å². The van der Waals surface area contributed by atoms with Crippen LogP contribution in [0.15, 0.2) is 0 Å². The van der Waals surface area contributed by atoms with E-state index in [0.29, 0.717) is 17.4 Å². The van der Waals surface area contributed by atoms with Crippen LogP contribution < -0.4 is 5.73 Å². The molecule has 3 atom stereocenters. The van der Waals surface area contributed by atoms with Crippen molar-refractivity contribution in [3.63, 3.8) is 0 Å². The van der Waals surface area contributed by atoms with E-state index < -0.39 is 0 Å². The summed E-state index contributed by atoms with van der Waals surface area (Å²) >= 11 is 0. The Hall–Kier alpha value is -0.0800. The fourth-order valence-corrected chi connectivity index (χ4v) is 4.28. The first-order valence-corrected chi connectivity index (χ1v) is 8.38. The second-order valence-corrected chi connectivity index (χ2v) is 7.78. The molecule has 0 saturated heterocycles. The first kappa shape index (κ1) is 15.3. The molecule has 0 aromatic carbocycles. The van der Waals surface area contributed by atoms with Gasteiger partial charge in [0.25, 0.3) is 0 Å². The van der Waals surface area contributed by atoms with E-state index in [4.69, 9.17) is 5.73 Å². The average molecular weight is 266 g/mol. The highest BCUT2D eigenvalue weighted by Gasteiger charge is 2.42. The van der Waals surface area contributed by atoms with E-state index in [1.807, 2.05) is 0 Å². The van der Waals surface area contributed by atoms with Gasteiger partial charge in [-0.3, -0.25) is 0 Å². The molecule has 2 fully saturated rings. The Bertz CT molecular complexity index is 281. The molecule has 0 spiro atoms. The van der Waals surface area contributed by atoms with Crippen molar-refractivity contribution in [2.45, 2.75) is 77.8 Å². The minimum Gasteiger partial charge on any atom is -0.327 e. The van der Waals surface area contributed by atoms with Crippen LogP contribution in [0.5, 0.6) is 0 Å². The summed E-state index contributed by atoms with van der Waals surface area (Å²) < 4.78 is 0. The van der Waals surface area contributed by atoms with Crippen LogP contribution in [0.1, 0.15) is 65.7 Å². The molecule has 0 aromatic rings. The molecular formula is C17H34N2. The molecule has 3 unspecified atom stereocenters. The zero-order valence-electron chi connectivity index (χ0n) is 13.5. The van der Waals surface area contributed by atoms with E-state index in [0.717, 1.165) is 12.0 Å². The van der Waals surface area contributed by atoms with Gasteiger partial charge in [0.1, 0.15) is 0 Å². The maximum atomic E-state index is 6.28. The predicted molar refractivity (Wildman–Crippen MR) is 83.1 cm³/mol. The fourth-order valence-electron chi connectivity index (χ4n) is 4.28. The minimum atomic E-state index is 0.389. The summed E-state index contributed by atoms with van der Waals surface area (Å²) in [5.74, 6) is 1.46. The molecule has 2 rings (SSSR count). The summed E-state index contributed by atoms with van der Waals surface area (Å²) in [6, 6.07) is 1.25. The molecular weight excluding hydrogens is 232 g/mol. The molecule has 0 bridgehead atoms. The van der Waals surface area contributed by atoms with E-state index in [9.17, 15) is 0 Å². The molecule has 112 valence electrons. The second-order valence-electron chi connectivity index (χ2n) is 7.78. The zero-order chi connectivity index (χ0) is 14.0. The van der Waals surface area contributed by atoms with Gasteiger partial charge in [0.15, 0.2) is 0 Å². The maximum Gasteiger partial charge on any atom is 0.00923 e. The Morgan fingerprint density at radius 2 is 1.68 bits per heavy atom. The summed E-state index contributed by atoms with van der Waals surface area (Å²) in [5.41, 5.74) is 6.67. The lowest BCUT2D eigenvalue weighted by atomic mass is 9.61. The molecule has 2 aliphatic carbocycles. The molecule has 2 heteroatoms. The van der Waals surface area contributed by atoms with Gasteiger partial charge in [0.05, 0.1) is 0 Å². The van der Waals surface area contributed by atoms with E-state index in [1.54, 1.807) is 0 Å². The molecule has 19 heavy (non-hydrogen) atoms. The summed E-state index contributed by atoms with van der Waals surface area (Å²) in [6.45, 7) is 8.51. The van der Waals surface area contributed by atoms with E-state index in [2.05, 4.69) is 32.7 Å². The van der Waals surface area contributed by atoms with Crippen molar-refractivity contribution in [1.29, 1.82) is 0 Å². The maximum absolute atomic E-state index is 6.28. The van der Waals surface area contributed by atoms with Gasteiger partial charge in [-0.2, -0.15) is 0 Å².